The summed E-state index contributed by atoms with van der Waals surface area (Å²) >= 11 is 0. The zero-order chi connectivity index (χ0) is 16.3. The molecule has 0 fully saturated rings. The highest BCUT2D eigenvalue weighted by molar-refractivity contribution is 6.11. The molecule has 2 aromatic rings. The Labute approximate surface area is 122 Å². The van der Waals surface area contributed by atoms with Crippen LogP contribution in [0.5, 0.6) is 0 Å². The molecule has 0 unspecified atom stereocenters. The van der Waals surface area contributed by atoms with E-state index >= 15 is 0 Å². The standard InChI is InChI=1S/C14H9F3N2O3/c15-14(16,17)19(9-4-2-1-3-5-9)12(20)11-8-18-7-6-10(11)13(21)22/h1-8H,(H,21,22). The van der Waals surface area contributed by atoms with Crippen LogP contribution in [0.2, 0.25) is 0 Å². The van der Waals surface area contributed by atoms with E-state index in [2.05, 4.69) is 4.98 Å². The summed E-state index contributed by atoms with van der Waals surface area (Å²) in [6.07, 6.45) is -3.13. The Morgan fingerprint density at radius 3 is 2.23 bits per heavy atom. The van der Waals surface area contributed by atoms with Gasteiger partial charge in [-0.3, -0.25) is 9.78 Å². The van der Waals surface area contributed by atoms with Gasteiger partial charge in [0.05, 0.1) is 16.8 Å². The molecule has 0 aliphatic carbocycles. The molecule has 1 aromatic carbocycles. The maximum absolute atomic E-state index is 13.2. The number of rotatable bonds is 3. The molecule has 114 valence electrons. The van der Waals surface area contributed by atoms with Crippen LogP contribution in [0.15, 0.2) is 48.8 Å². The van der Waals surface area contributed by atoms with Crippen LogP contribution in [0.4, 0.5) is 18.9 Å². The van der Waals surface area contributed by atoms with Gasteiger partial charge < -0.3 is 5.11 Å². The van der Waals surface area contributed by atoms with Gasteiger partial charge in [0.25, 0.3) is 5.91 Å². The number of alkyl halides is 3. The molecule has 1 aromatic heterocycles. The Hall–Kier alpha value is -2.90. The number of amides is 1. The van der Waals surface area contributed by atoms with Crippen molar-refractivity contribution in [1.82, 2.24) is 4.98 Å². The molecule has 0 saturated carbocycles. The van der Waals surface area contributed by atoms with Crippen molar-refractivity contribution in [2.24, 2.45) is 0 Å². The summed E-state index contributed by atoms with van der Waals surface area (Å²) in [7, 11) is 0. The molecule has 1 N–H and O–H groups in total. The highest BCUT2D eigenvalue weighted by Crippen LogP contribution is 2.30. The molecule has 1 amide bonds. The number of pyridine rings is 1. The molecule has 0 atom stereocenters. The number of carboxylic acid groups (broad SMARTS) is 1. The van der Waals surface area contributed by atoms with Gasteiger partial charge in [0, 0.05) is 12.4 Å². The summed E-state index contributed by atoms with van der Waals surface area (Å²) in [5, 5.41) is 8.99. The molecule has 0 aliphatic rings. The molecule has 0 spiro atoms. The van der Waals surface area contributed by atoms with Gasteiger partial charge in [0.15, 0.2) is 0 Å². The van der Waals surface area contributed by atoms with Crippen LogP contribution in [0.1, 0.15) is 20.7 Å². The van der Waals surface area contributed by atoms with Crippen molar-refractivity contribution in [2.45, 2.75) is 6.30 Å². The van der Waals surface area contributed by atoms with Crippen LogP contribution in [0.3, 0.4) is 0 Å². The summed E-state index contributed by atoms with van der Waals surface area (Å²) < 4.78 is 39.6. The third-order valence-electron chi connectivity index (χ3n) is 2.75. The van der Waals surface area contributed by atoms with Crippen molar-refractivity contribution in [2.75, 3.05) is 4.90 Å². The first-order valence-corrected chi connectivity index (χ1v) is 5.96. The molecule has 0 saturated heterocycles. The minimum absolute atomic E-state index is 0.416. The number of para-hydroxylation sites is 1. The second-order valence-corrected chi connectivity index (χ2v) is 4.17. The van der Waals surface area contributed by atoms with Crippen LogP contribution in [-0.4, -0.2) is 28.3 Å². The molecule has 1 heterocycles. The van der Waals surface area contributed by atoms with Gasteiger partial charge in [0.2, 0.25) is 0 Å². The van der Waals surface area contributed by atoms with E-state index in [0.717, 1.165) is 30.6 Å². The highest BCUT2D eigenvalue weighted by Gasteiger charge is 2.43. The van der Waals surface area contributed by atoms with E-state index in [1.807, 2.05) is 0 Å². The molecule has 22 heavy (non-hydrogen) atoms. The van der Waals surface area contributed by atoms with Crippen LogP contribution in [0, 0.1) is 0 Å². The predicted molar refractivity (Wildman–Crippen MR) is 70.5 cm³/mol. The molecular formula is C14H9F3N2O3. The largest absolute Gasteiger partial charge is 0.491 e. The number of carbonyl (C=O) groups is 2. The van der Waals surface area contributed by atoms with Gasteiger partial charge in [-0.1, -0.05) is 18.2 Å². The lowest BCUT2D eigenvalue weighted by Crippen LogP contribution is -2.43. The lowest BCUT2D eigenvalue weighted by atomic mass is 10.1. The first-order chi connectivity index (χ1) is 10.3. The van der Waals surface area contributed by atoms with E-state index < -0.39 is 39.9 Å². The summed E-state index contributed by atoms with van der Waals surface area (Å²) in [6.45, 7) is 0. The average Bonchev–Trinajstić information content (AvgIpc) is 2.47. The van der Waals surface area contributed by atoms with Crippen molar-refractivity contribution in [3.8, 4) is 0 Å². The summed E-state index contributed by atoms with van der Waals surface area (Å²) in [6, 6.07) is 7.33. The van der Waals surface area contributed by atoms with Crippen molar-refractivity contribution in [3.63, 3.8) is 0 Å². The monoisotopic (exact) mass is 310 g/mol. The maximum Gasteiger partial charge on any atom is 0.491 e. The highest BCUT2D eigenvalue weighted by atomic mass is 19.4. The first kappa shape index (κ1) is 15.5. The van der Waals surface area contributed by atoms with Crippen LogP contribution in [0.25, 0.3) is 0 Å². The number of carboxylic acids is 1. The van der Waals surface area contributed by atoms with Gasteiger partial charge in [0.1, 0.15) is 0 Å². The van der Waals surface area contributed by atoms with E-state index in [-0.39, 0.29) is 0 Å². The van der Waals surface area contributed by atoms with E-state index in [1.165, 1.54) is 18.2 Å². The Morgan fingerprint density at radius 2 is 1.68 bits per heavy atom. The predicted octanol–water partition coefficient (Wildman–Crippen LogP) is 2.95. The van der Waals surface area contributed by atoms with Crippen molar-refractivity contribution in [3.05, 3.63) is 59.9 Å². The second kappa shape index (κ2) is 5.84. The fourth-order valence-corrected chi connectivity index (χ4v) is 1.83. The fraction of sp³-hybridized carbons (Fsp3) is 0.0714. The van der Waals surface area contributed by atoms with Crippen LogP contribution in [-0.2, 0) is 0 Å². The third-order valence-corrected chi connectivity index (χ3v) is 2.75. The normalized spacial score (nSPS) is 11.0. The van der Waals surface area contributed by atoms with Gasteiger partial charge in [-0.2, -0.15) is 0 Å². The topological polar surface area (TPSA) is 70.5 Å². The molecule has 0 radical (unpaired) electrons. The third kappa shape index (κ3) is 3.05. The van der Waals surface area contributed by atoms with E-state index in [0.29, 0.717) is 0 Å². The lowest BCUT2D eigenvalue weighted by molar-refractivity contribution is -0.122. The quantitative estimate of drug-likeness (QED) is 0.885. The number of hydrogen-bond acceptors (Lipinski definition) is 3. The Bertz CT molecular complexity index is 702. The van der Waals surface area contributed by atoms with Crippen molar-refractivity contribution >= 4 is 17.6 Å². The maximum atomic E-state index is 13.2. The van der Waals surface area contributed by atoms with Crippen LogP contribution >= 0.6 is 0 Å². The molecule has 0 aliphatic heterocycles. The SMILES string of the molecule is O=C(O)c1ccncc1C(=O)N(c1ccccc1)C(F)(F)F. The summed E-state index contributed by atoms with van der Waals surface area (Å²) in [4.78, 5) is 26.4. The molecule has 5 nitrogen and oxygen atoms in total. The number of nitrogens with zero attached hydrogens (tertiary/aromatic N) is 2. The lowest BCUT2D eigenvalue weighted by Gasteiger charge is -2.25. The smallest absolute Gasteiger partial charge is 0.478 e. The number of benzene rings is 1. The zero-order valence-corrected chi connectivity index (χ0v) is 10.9. The Kier molecular flexibility index (Phi) is 4.11. The van der Waals surface area contributed by atoms with E-state index in [9.17, 15) is 22.8 Å². The molecule has 8 heteroatoms. The fourth-order valence-electron chi connectivity index (χ4n) is 1.83. The average molecular weight is 310 g/mol. The van der Waals surface area contributed by atoms with Gasteiger partial charge in [-0.05, 0) is 18.2 Å². The number of anilines is 1. The summed E-state index contributed by atoms with van der Waals surface area (Å²) in [5.74, 6) is -3.02. The molecular weight excluding hydrogens is 301 g/mol. The van der Waals surface area contributed by atoms with Gasteiger partial charge in [-0.25, -0.2) is 9.69 Å². The number of hydrogen-bond donors (Lipinski definition) is 1. The number of aromatic carboxylic acids is 1. The number of carbonyl (C=O) groups excluding carboxylic acids is 1. The van der Waals surface area contributed by atoms with E-state index in [1.54, 1.807) is 0 Å². The second-order valence-electron chi connectivity index (χ2n) is 4.17. The molecule has 0 bridgehead atoms. The first-order valence-electron chi connectivity index (χ1n) is 5.96. The molecule has 2 rings (SSSR count). The van der Waals surface area contributed by atoms with E-state index in [4.69, 9.17) is 5.11 Å². The van der Waals surface area contributed by atoms with Gasteiger partial charge >= 0.3 is 12.3 Å². The van der Waals surface area contributed by atoms with Gasteiger partial charge in [-0.15, -0.1) is 13.2 Å². The Balaban J connectivity index is 2.55. The number of halogens is 3. The van der Waals surface area contributed by atoms with Crippen molar-refractivity contribution in [1.29, 1.82) is 0 Å². The number of aromatic nitrogens is 1. The summed E-state index contributed by atoms with van der Waals surface area (Å²) in [5.41, 5.74) is -1.61. The minimum Gasteiger partial charge on any atom is -0.478 e. The van der Waals surface area contributed by atoms with Crippen LogP contribution < -0.4 is 4.90 Å². The minimum atomic E-state index is -5.01. The van der Waals surface area contributed by atoms with Crippen molar-refractivity contribution < 1.29 is 27.9 Å². The Morgan fingerprint density at radius 1 is 1.05 bits per heavy atom. The zero-order valence-electron chi connectivity index (χ0n) is 10.9.